The standard InChI is InChI=1S/C15H14N2O2/c1-18-13-3-2-4-14(15(13)17)19-12-7-5-11(6-8-12)9-10-16/h2-8H,9,17H2,1H3. The summed E-state index contributed by atoms with van der Waals surface area (Å²) >= 11 is 0. The molecule has 0 aliphatic rings. The Morgan fingerprint density at radius 3 is 2.42 bits per heavy atom. The van der Waals surface area contributed by atoms with Gasteiger partial charge < -0.3 is 15.2 Å². The lowest BCUT2D eigenvalue weighted by Crippen LogP contribution is -1.96. The maximum Gasteiger partial charge on any atom is 0.154 e. The first-order valence-corrected chi connectivity index (χ1v) is 5.81. The molecule has 0 amide bonds. The van der Waals surface area contributed by atoms with E-state index in [1.165, 1.54) is 0 Å². The van der Waals surface area contributed by atoms with E-state index in [2.05, 4.69) is 6.07 Å². The van der Waals surface area contributed by atoms with Gasteiger partial charge in [-0.15, -0.1) is 0 Å². The Labute approximate surface area is 112 Å². The van der Waals surface area contributed by atoms with Gasteiger partial charge in [-0.3, -0.25) is 0 Å². The van der Waals surface area contributed by atoms with E-state index >= 15 is 0 Å². The molecule has 2 rings (SSSR count). The van der Waals surface area contributed by atoms with Crippen LogP contribution in [0.4, 0.5) is 5.69 Å². The minimum absolute atomic E-state index is 0.390. The van der Waals surface area contributed by atoms with Gasteiger partial charge in [0, 0.05) is 0 Å². The number of nitrogen functional groups attached to an aromatic ring is 1. The first-order chi connectivity index (χ1) is 9.24. The van der Waals surface area contributed by atoms with Crippen molar-refractivity contribution in [3.8, 4) is 23.3 Å². The predicted octanol–water partition coefficient (Wildman–Crippen LogP) is 3.14. The minimum atomic E-state index is 0.390. The number of benzene rings is 2. The minimum Gasteiger partial charge on any atom is -0.494 e. The van der Waals surface area contributed by atoms with Crippen molar-refractivity contribution in [1.82, 2.24) is 0 Å². The lowest BCUT2D eigenvalue weighted by atomic mass is 10.2. The average Bonchev–Trinajstić information content (AvgIpc) is 2.43. The van der Waals surface area contributed by atoms with E-state index in [0.717, 1.165) is 5.56 Å². The summed E-state index contributed by atoms with van der Waals surface area (Å²) in [6.07, 6.45) is 0.390. The molecule has 0 aliphatic heterocycles. The van der Waals surface area contributed by atoms with Gasteiger partial charge in [0.2, 0.25) is 0 Å². The number of hydrogen-bond donors (Lipinski definition) is 1. The smallest absolute Gasteiger partial charge is 0.154 e. The third-order valence-electron chi connectivity index (χ3n) is 2.68. The maximum atomic E-state index is 8.61. The fourth-order valence-electron chi connectivity index (χ4n) is 1.68. The summed E-state index contributed by atoms with van der Waals surface area (Å²) in [5.41, 5.74) is 7.34. The van der Waals surface area contributed by atoms with Gasteiger partial charge in [0.1, 0.15) is 17.2 Å². The van der Waals surface area contributed by atoms with Crippen LogP contribution < -0.4 is 15.2 Å². The van der Waals surface area contributed by atoms with E-state index in [1.807, 2.05) is 30.3 Å². The Kier molecular flexibility index (Phi) is 3.89. The van der Waals surface area contributed by atoms with Crippen LogP contribution >= 0.6 is 0 Å². The van der Waals surface area contributed by atoms with Gasteiger partial charge in [-0.05, 0) is 29.8 Å². The second-order valence-corrected chi connectivity index (χ2v) is 3.95. The first-order valence-electron chi connectivity index (χ1n) is 5.81. The number of hydrogen-bond acceptors (Lipinski definition) is 4. The molecule has 19 heavy (non-hydrogen) atoms. The van der Waals surface area contributed by atoms with E-state index in [9.17, 15) is 0 Å². The highest BCUT2D eigenvalue weighted by molar-refractivity contribution is 5.63. The Morgan fingerprint density at radius 1 is 1.11 bits per heavy atom. The maximum absolute atomic E-state index is 8.61. The van der Waals surface area contributed by atoms with Crippen molar-refractivity contribution >= 4 is 5.69 Å². The van der Waals surface area contributed by atoms with Crippen molar-refractivity contribution in [3.63, 3.8) is 0 Å². The fraction of sp³-hybridized carbons (Fsp3) is 0.133. The molecule has 0 atom stereocenters. The van der Waals surface area contributed by atoms with Crippen LogP contribution in [0.15, 0.2) is 42.5 Å². The number of nitriles is 1. The molecular formula is C15H14N2O2. The van der Waals surface area contributed by atoms with E-state index in [1.54, 1.807) is 19.2 Å². The zero-order valence-electron chi connectivity index (χ0n) is 10.6. The number of nitrogens with zero attached hydrogens (tertiary/aromatic N) is 1. The van der Waals surface area contributed by atoms with Crippen molar-refractivity contribution in [2.45, 2.75) is 6.42 Å². The lowest BCUT2D eigenvalue weighted by Gasteiger charge is -2.11. The summed E-state index contributed by atoms with van der Waals surface area (Å²) in [7, 11) is 1.56. The SMILES string of the molecule is COc1cccc(Oc2ccc(CC#N)cc2)c1N. The number of anilines is 1. The summed E-state index contributed by atoms with van der Waals surface area (Å²) in [5, 5.41) is 8.61. The van der Waals surface area contributed by atoms with Gasteiger partial charge in [0.05, 0.1) is 19.6 Å². The molecule has 2 aromatic rings. The zero-order valence-corrected chi connectivity index (χ0v) is 10.6. The Hall–Kier alpha value is -2.67. The van der Waals surface area contributed by atoms with E-state index < -0.39 is 0 Å². The molecule has 2 aromatic carbocycles. The molecule has 0 saturated heterocycles. The molecule has 0 radical (unpaired) electrons. The highest BCUT2D eigenvalue weighted by Crippen LogP contribution is 2.34. The Balaban J connectivity index is 2.19. The quantitative estimate of drug-likeness (QED) is 0.851. The third-order valence-corrected chi connectivity index (χ3v) is 2.68. The van der Waals surface area contributed by atoms with Crippen LogP contribution in [-0.2, 0) is 6.42 Å². The van der Waals surface area contributed by atoms with Gasteiger partial charge in [-0.1, -0.05) is 18.2 Å². The van der Waals surface area contributed by atoms with Crippen LogP contribution in [0.25, 0.3) is 0 Å². The summed E-state index contributed by atoms with van der Waals surface area (Å²) in [4.78, 5) is 0. The van der Waals surface area contributed by atoms with Gasteiger partial charge >= 0.3 is 0 Å². The molecule has 96 valence electrons. The molecule has 0 fully saturated rings. The van der Waals surface area contributed by atoms with Crippen molar-refractivity contribution in [3.05, 3.63) is 48.0 Å². The number of rotatable bonds is 4. The summed E-state index contributed by atoms with van der Waals surface area (Å²) in [5.74, 6) is 1.80. The second kappa shape index (κ2) is 5.78. The molecule has 0 saturated carbocycles. The van der Waals surface area contributed by atoms with E-state index in [0.29, 0.717) is 29.4 Å². The number of nitrogens with two attached hydrogens (primary N) is 1. The highest BCUT2D eigenvalue weighted by Gasteiger charge is 2.07. The third kappa shape index (κ3) is 2.96. The molecule has 4 heteroatoms. The van der Waals surface area contributed by atoms with Crippen molar-refractivity contribution < 1.29 is 9.47 Å². The monoisotopic (exact) mass is 254 g/mol. The molecule has 4 nitrogen and oxygen atoms in total. The second-order valence-electron chi connectivity index (χ2n) is 3.95. The Bertz CT molecular complexity index is 601. The molecule has 0 heterocycles. The van der Waals surface area contributed by atoms with Crippen LogP contribution in [0.3, 0.4) is 0 Å². The summed E-state index contributed by atoms with van der Waals surface area (Å²) in [6.45, 7) is 0. The zero-order chi connectivity index (χ0) is 13.7. The van der Waals surface area contributed by atoms with Crippen LogP contribution in [0.2, 0.25) is 0 Å². The normalized spacial score (nSPS) is 9.68. The lowest BCUT2D eigenvalue weighted by molar-refractivity contribution is 0.412. The van der Waals surface area contributed by atoms with Crippen molar-refractivity contribution in [2.75, 3.05) is 12.8 Å². The number of para-hydroxylation sites is 1. The van der Waals surface area contributed by atoms with E-state index in [4.69, 9.17) is 20.5 Å². The van der Waals surface area contributed by atoms with Gasteiger partial charge in [-0.2, -0.15) is 5.26 Å². The Morgan fingerprint density at radius 2 is 1.79 bits per heavy atom. The van der Waals surface area contributed by atoms with E-state index in [-0.39, 0.29) is 0 Å². The number of ether oxygens (including phenoxy) is 2. The first kappa shape index (κ1) is 12.8. The van der Waals surface area contributed by atoms with Crippen molar-refractivity contribution in [1.29, 1.82) is 5.26 Å². The summed E-state index contributed by atoms with van der Waals surface area (Å²) < 4.78 is 10.8. The molecule has 2 N–H and O–H groups in total. The van der Waals surface area contributed by atoms with Crippen LogP contribution in [0.5, 0.6) is 17.2 Å². The highest BCUT2D eigenvalue weighted by atomic mass is 16.5. The molecule has 0 aliphatic carbocycles. The molecular weight excluding hydrogens is 240 g/mol. The average molecular weight is 254 g/mol. The van der Waals surface area contributed by atoms with Crippen LogP contribution in [-0.4, -0.2) is 7.11 Å². The predicted molar refractivity (Wildman–Crippen MR) is 73.2 cm³/mol. The van der Waals surface area contributed by atoms with Gasteiger partial charge in [-0.25, -0.2) is 0 Å². The molecule has 0 spiro atoms. The molecule has 0 bridgehead atoms. The van der Waals surface area contributed by atoms with Gasteiger partial charge in [0.15, 0.2) is 5.75 Å². The molecule has 0 unspecified atom stereocenters. The largest absolute Gasteiger partial charge is 0.494 e. The van der Waals surface area contributed by atoms with Crippen LogP contribution in [0, 0.1) is 11.3 Å². The summed E-state index contributed by atoms with van der Waals surface area (Å²) in [6, 6.07) is 14.8. The van der Waals surface area contributed by atoms with Crippen molar-refractivity contribution in [2.24, 2.45) is 0 Å². The molecule has 0 aromatic heterocycles. The van der Waals surface area contributed by atoms with Crippen LogP contribution in [0.1, 0.15) is 5.56 Å². The fourth-order valence-corrected chi connectivity index (χ4v) is 1.68. The van der Waals surface area contributed by atoms with Gasteiger partial charge in [0.25, 0.3) is 0 Å². The topological polar surface area (TPSA) is 68.3 Å². The number of methoxy groups -OCH3 is 1.